The highest BCUT2D eigenvalue weighted by Gasteiger charge is 2.14. The van der Waals surface area contributed by atoms with Gasteiger partial charge in [-0.05, 0) is 67.3 Å². The first-order valence-corrected chi connectivity index (χ1v) is 10.2. The Labute approximate surface area is 179 Å². The molecule has 0 saturated carbocycles. The number of hydrogen-bond donors (Lipinski definition) is 0. The molecular weight excluding hydrogens is 372 g/mol. The van der Waals surface area contributed by atoms with E-state index in [1.54, 1.807) is 7.11 Å². The summed E-state index contributed by atoms with van der Waals surface area (Å²) in [4.78, 5) is 6.64. The van der Waals surface area contributed by atoms with Gasteiger partial charge in [-0.3, -0.25) is 0 Å². The van der Waals surface area contributed by atoms with Gasteiger partial charge in [0.15, 0.2) is 0 Å². The normalized spacial score (nSPS) is 12.2. The first-order valence-electron chi connectivity index (χ1n) is 10.2. The molecule has 0 saturated heterocycles. The molecule has 0 fully saturated rings. The molecule has 1 unspecified atom stereocenters. The molecule has 0 aliphatic rings. The van der Waals surface area contributed by atoms with Crippen LogP contribution in [0.15, 0.2) is 71.7 Å². The van der Waals surface area contributed by atoms with Gasteiger partial charge in [-0.15, -0.1) is 0 Å². The monoisotopic (exact) mass is 402 g/mol. The lowest BCUT2D eigenvalue weighted by atomic mass is 10.0. The molecule has 3 aromatic rings. The molecule has 0 bridgehead atoms. The second-order valence-corrected chi connectivity index (χ2v) is 7.42. The van der Waals surface area contributed by atoms with Crippen molar-refractivity contribution in [1.82, 2.24) is 4.90 Å². The molecule has 156 valence electrons. The van der Waals surface area contributed by atoms with Crippen molar-refractivity contribution in [2.75, 3.05) is 20.7 Å². The van der Waals surface area contributed by atoms with Crippen molar-refractivity contribution in [2.45, 2.75) is 26.9 Å². The summed E-state index contributed by atoms with van der Waals surface area (Å²) in [5.41, 5.74) is 5.25. The van der Waals surface area contributed by atoms with E-state index in [2.05, 4.69) is 43.1 Å². The number of methoxy groups -OCH3 is 1. The van der Waals surface area contributed by atoms with Crippen LogP contribution in [0.1, 0.15) is 35.3 Å². The molecule has 3 rings (SSSR count). The largest absolute Gasteiger partial charge is 0.457 e. The maximum atomic E-state index is 6.25. The second-order valence-electron chi connectivity index (χ2n) is 7.42. The Morgan fingerprint density at radius 1 is 0.933 bits per heavy atom. The SMILES string of the molecule is CCN(C)C=Nc1cc(C)c(Oc2cccc(C(OC)c3ccccc3)c2)cc1C. The molecule has 0 amide bonds. The fourth-order valence-electron chi connectivity index (χ4n) is 3.23. The maximum Gasteiger partial charge on any atom is 0.130 e. The number of benzene rings is 3. The molecule has 4 heteroatoms. The number of aliphatic imine (C=N–C) groups is 1. The van der Waals surface area contributed by atoms with Crippen LogP contribution in [0.25, 0.3) is 0 Å². The van der Waals surface area contributed by atoms with Crippen LogP contribution >= 0.6 is 0 Å². The predicted octanol–water partition coefficient (Wildman–Crippen LogP) is 6.44. The fraction of sp³-hybridized carbons (Fsp3) is 0.269. The molecule has 0 N–H and O–H groups in total. The lowest BCUT2D eigenvalue weighted by Gasteiger charge is -2.18. The Kier molecular flexibility index (Phi) is 7.26. The molecule has 0 aliphatic carbocycles. The van der Waals surface area contributed by atoms with Gasteiger partial charge in [-0.25, -0.2) is 4.99 Å². The van der Waals surface area contributed by atoms with E-state index in [0.717, 1.165) is 46.0 Å². The first kappa shape index (κ1) is 21.6. The van der Waals surface area contributed by atoms with Gasteiger partial charge >= 0.3 is 0 Å². The number of rotatable bonds is 8. The lowest BCUT2D eigenvalue weighted by Crippen LogP contribution is -2.14. The summed E-state index contributed by atoms with van der Waals surface area (Å²) in [6, 6.07) is 22.4. The molecule has 0 spiro atoms. The third-order valence-corrected chi connectivity index (χ3v) is 5.11. The van der Waals surface area contributed by atoms with Gasteiger partial charge in [0.1, 0.15) is 17.6 Å². The highest BCUT2D eigenvalue weighted by Crippen LogP contribution is 2.33. The molecular formula is C26H30N2O2. The number of hydrogen-bond acceptors (Lipinski definition) is 3. The van der Waals surface area contributed by atoms with E-state index >= 15 is 0 Å². The van der Waals surface area contributed by atoms with Crippen molar-refractivity contribution >= 4 is 12.0 Å². The summed E-state index contributed by atoms with van der Waals surface area (Å²) >= 11 is 0. The third-order valence-electron chi connectivity index (χ3n) is 5.11. The van der Waals surface area contributed by atoms with Gasteiger partial charge < -0.3 is 14.4 Å². The average molecular weight is 403 g/mol. The molecule has 0 heterocycles. The summed E-state index contributed by atoms with van der Waals surface area (Å²) in [5.74, 6) is 1.62. The topological polar surface area (TPSA) is 34.1 Å². The van der Waals surface area contributed by atoms with E-state index in [1.807, 2.05) is 67.7 Å². The van der Waals surface area contributed by atoms with Crippen LogP contribution in [0, 0.1) is 13.8 Å². The summed E-state index contributed by atoms with van der Waals surface area (Å²) in [6.07, 6.45) is 1.73. The van der Waals surface area contributed by atoms with Crippen molar-refractivity contribution in [3.63, 3.8) is 0 Å². The van der Waals surface area contributed by atoms with E-state index in [0.29, 0.717) is 0 Å². The van der Waals surface area contributed by atoms with Crippen LogP contribution in [0.3, 0.4) is 0 Å². The van der Waals surface area contributed by atoms with Gasteiger partial charge in [-0.2, -0.15) is 0 Å². The number of ether oxygens (including phenoxy) is 2. The van der Waals surface area contributed by atoms with Crippen LogP contribution in [0.5, 0.6) is 11.5 Å². The van der Waals surface area contributed by atoms with Crippen molar-refractivity contribution in [3.05, 3.63) is 89.0 Å². The van der Waals surface area contributed by atoms with E-state index in [-0.39, 0.29) is 6.10 Å². The molecule has 4 nitrogen and oxygen atoms in total. The van der Waals surface area contributed by atoms with Crippen molar-refractivity contribution in [2.24, 2.45) is 4.99 Å². The Hall–Kier alpha value is -3.11. The third kappa shape index (κ3) is 5.28. The summed E-state index contributed by atoms with van der Waals surface area (Å²) in [6.45, 7) is 7.12. The minimum Gasteiger partial charge on any atom is -0.457 e. The Morgan fingerprint density at radius 3 is 2.37 bits per heavy atom. The van der Waals surface area contributed by atoms with Crippen molar-refractivity contribution in [1.29, 1.82) is 0 Å². The lowest BCUT2D eigenvalue weighted by molar-refractivity contribution is 0.136. The van der Waals surface area contributed by atoms with Crippen LogP contribution in [-0.4, -0.2) is 31.9 Å². The Balaban J connectivity index is 1.84. The van der Waals surface area contributed by atoms with E-state index in [9.17, 15) is 0 Å². The number of nitrogens with zero attached hydrogens (tertiary/aromatic N) is 2. The average Bonchev–Trinajstić information content (AvgIpc) is 2.76. The summed E-state index contributed by atoms with van der Waals surface area (Å²) in [5, 5.41) is 0. The molecule has 3 aromatic carbocycles. The number of aryl methyl sites for hydroxylation is 2. The van der Waals surface area contributed by atoms with Gasteiger partial charge in [-0.1, -0.05) is 42.5 Å². The Morgan fingerprint density at radius 2 is 1.67 bits per heavy atom. The molecule has 1 atom stereocenters. The predicted molar refractivity (Wildman–Crippen MR) is 124 cm³/mol. The molecule has 30 heavy (non-hydrogen) atoms. The maximum absolute atomic E-state index is 6.25. The zero-order chi connectivity index (χ0) is 21.5. The zero-order valence-corrected chi connectivity index (χ0v) is 18.4. The minimum absolute atomic E-state index is 0.134. The van der Waals surface area contributed by atoms with Crippen molar-refractivity contribution in [3.8, 4) is 11.5 Å². The molecule has 0 aromatic heterocycles. The van der Waals surface area contributed by atoms with Crippen LogP contribution in [-0.2, 0) is 4.74 Å². The minimum atomic E-state index is -0.134. The second kappa shape index (κ2) is 10.1. The van der Waals surface area contributed by atoms with Crippen LogP contribution in [0.2, 0.25) is 0 Å². The van der Waals surface area contributed by atoms with E-state index < -0.39 is 0 Å². The molecule has 0 radical (unpaired) electrons. The van der Waals surface area contributed by atoms with Gasteiger partial charge in [0.2, 0.25) is 0 Å². The summed E-state index contributed by atoms with van der Waals surface area (Å²) < 4.78 is 12.0. The van der Waals surface area contributed by atoms with Crippen LogP contribution in [0.4, 0.5) is 5.69 Å². The van der Waals surface area contributed by atoms with Gasteiger partial charge in [0, 0.05) is 20.7 Å². The van der Waals surface area contributed by atoms with Gasteiger partial charge in [0.05, 0.1) is 12.0 Å². The first-order chi connectivity index (χ1) is 14.5. The molecule has 0 aliphatic heterocycles. The van der Waals surface area contributed by atoms with Gasteiger partial charge in [0.25, 0.3) is 0 Å². The highest BCUT2D eigenvalue weighted by molar-refractivity contribution is 5.64. The van der Waals surface area contributed by atoms with E-state index in [4.69, 9.17) is 9.47 Å². The zero-order valence-electron chi connectivity index (χ0n) is 18.4. The van der Waals surface area contributed by atoms with Crippen molar-refractivity contribution < 1.29 is 9.47 Å². The summed E-state index contributed by atoms with van der Waals surface area (Å²) in [7, 11) is 3.74. The van der Waals surface area contributed by atoms with Crippen LogP contribution < -0.4 is 4.74 Å². The Bertz CT molecular complexity index is 999. The fourth-order valence-corrected chi connectivity index (χ4v) is 3.23. The quantitative estimate of drug-likeness (QED) is 0.321. The highest BCUT2D eigenvalue weighted by atomic mass is 16.5. The van der Waals surface area contributed by atoms with E-state index in [1.165, 1.54) is 0 Å². The smallest absolute Gasteiger partial charge is 0.130 e. The standard InChI is InChI=1S/C26H30N2O2/c1-6-28(4)18-27-24-15-20(3)25(16-19(24)2)30-23-14-10-13-22(17-23)26(29-5)21-11-8-7-9-12-21/h7-18,26H,6H2,1-5H3.